The van der Waals surface area contributed by atoms with Crippen LogP contribution in [-0.2, 0) is 18.1 Å². The number of carbonyl (C=O) groups excluding carboxylic acids is 1. The quantitative estimate of drug-likeness (QED) is 0.174. The van der Waals surface area contributed by atoms with Crippen molar-refractivity contribution in [1.82, 2.24) is 10.3 Å². The zero-order valence-electron chi connectivity index (χ0n) is 19.6. The van der Waals surface area contributed by atoms with Gasteiger partial charge in [0.2, 0.25) is 0 Å². The fraction of sp³-hybridized carbons (Fsp3) is 0.143. The number of aromatic nitrogens is 1. The number of amides is 2. The van der Waals surface area contributed by atoms with Crippen molar-refractivity contribution in [3.8, 4) is 0 Å². The molecule has 2 N–H and O–H groups in total. The minimum absolute atomic E-state index is 0.0302. The lowest BCUT2D eigenvalue weighted by Gasteiger charge is -2.37. The Balaban J connectivity index is 1.92. The molecule has 0 unspecified atom stereocenters. The molecular formula is C28H22F4IN3O. The van der Waals surface area contributed by atoms with Gasteiger partial charge in [0.05, 0.1) is 11.3 Å². The largest absolute Gasteiger partial charge is 0.416 e. The minimum Gasteiger partial charge on any atom is -0.322 e. The second-order valence-corrected chi connectivity index (χ2v) is 9.74. The monoisotopic (exact) mass is 619 g/mol. The number of pyridine rings is 1. The lowest BCUT2D eigenvalue weighted by Crippen LogP contribution is -2.51. The van der Waals surface area contributed by atoms with Gasteiger partial charge in [0, 0.05) is 21.9 Å². The van der Waals surface area contributed by atoms with Gasteiger partial charge >= 0.3 is 12.2 Å². The molecule has 0 aliphatic rings. The van der Waals surface area contributed by atoms with Gasteiger partial charge in [0.1, 0.15) is 11.4 Å². The van der Waals surface area contributed by atoms with Crippen LogP contribution in [0.2, 0.25) is 0 Å². The molecule has 1 heterocycles. The molecule has 4 aromatic rings. The fourth-order valence-electron chi connectivity index (χ4n) is 4.36. The van der Waals surface area contributed by atoms with E-state index in [1.165, 1.54) is 31.2 Å². The molecule has 1 atom stereocenters. The van der Waals surface area contributed by atoms with E-state index in [4.69, 9.17) is 0 Å². The molecule has 190 valence electrons. The first-order valence-corrected chi connectivity index (χ1v) is 12.3. The highest BCUT2D eigenvalue weighted by molar-refractivity contribution is 14.1. The van der Waals surface area contributed by atoms with Crippen LogP contribution >= 0.6 is 22.6 Å². The standard InChI is InChI=1S/C28H22F4IN3O/c1-18-23(11-6-12-24(18)28(30,31)32)27(16-19-7-3-2-4-8-19,25-14-13-21(33)17-34-25)36-26(37)35-22-10-5-9-20(29)15-22/h2-15,17H,16H2,1H3,(H2,35,36,37)/t27-/m0/s1. The lowest BCUT2D eigenvalue weighted by molar-refractivity contribution is -0.138. The summed E-state index contributed by atoms with van der Waals surface area (Å²) in [6.07, 6.45) is -2.90. The summed E-state index contributed by atoms with van der Waals surface area (Å²) in [4.78, 5) is 17.9. The average Bonchev–Trinajstić information content (AvgIpc) is 2.84. The first kappa shape index (κ1) is 26.6. The summed E-state index contributed by atoms with van der Waals surface area (Å²) >= 11 is 2.08. The normalized spacial score (nSPS) is 13.0. The Labute approximate surface area is 225 Å². The van der Waals surface area contributed by atoms with Gasteiger partial charge in [-0.25, -0.2) is 9.18 Å². The number of nitrogens with one attached hydrogen (secondary N) is 2. The molecule has 0 saturated heterocycles. The number of rotatable bonds is 6. The molecule has 1 aromatic heterocycles. The van der Waals surface area contributed by atoms with E-state index in [0.29, 0.717) is 5.69 Å². The zero-order valence-corrected chi connectivity index (χ0v) is 21.8. The Kier molecular flexibility index (Phi) is 7.82. The smallest absolute Gasteiger partial charge is 0.322 e. The maximum atomic E-state index is 13.9. The summed E-state index contributed by atoms with van der Waals surface area (Å²) in [5.41, 5.74) is -0.761. The van der Waals surface area contributed by atoms with Crippen LogP contribution in [-0.4, -0.2) is 11.0 Å². The van der Waals surface area contributed by atoms with Crippen LogP contribution in [0.15, 0.2) is 91.1 Å². The highest BCUT2D eigenvalue weighted by atomic mass is 127. The molecule has 4 rings (SSSR count). The number of hydrogen-bond acceptors (Lipinski definition) is 2. The number of benzene rings is 3. The van der Waals surface area contributed by atoms with Crippen molar-refractivity contribution in [2.45, 2.75) is 25.1 Å². The van der Waals surface area contributed by atoms with Gasteiger partial charge in [0.25, 0.3) is 0 Å². The van der Waals surface area contributed by atoms with Crippen LogP contribution in [0.4, 0.5) is 28.0 Å². The fourth-order valence-corrected chi connectivity index (χ4v) is 4.68. The molecule has 4 nitrogen and oxygen atoms in total. The number of urea groups is 1. The van der Waals surface area contributed by atoms with Crippen molar-refractivity contribution in [3.63, 3.8) is 0 Å². The van der Waals surface area contributed by atoms with Crippen molar-refractivity contribution in [3.05, 3.63) is 128 Å². The zero-order chi connectivity index (χ0) is 26.6. The second kappa shape index (κ2) is 10.9. The molecular weight excluding hydrogens is 597 g/mol. The molecule has 3 aromatic carbocycles. The van der Waals surface area contributed by atoms with E-state index >= 15 is 0 Å². The van der Waals surface area contributed by atoms with Crippen LogP contribution in [0.3, 0.4) is 0 Å². The van der Waals surface area contributed by atoms with E-state index in [0.717, 1.165) is 21.3 Å². The lowest BCUT2D eigenvalue weighted by atomic mass is 9.77. The molecule has 2 amide bonds. The van der Waals surface area contributed by atoms with Crippen molar-refractivity contribution in [1.29, 1.82) is 0 Å². The number of carbonyl (C=O) groups is 1. The van der Waals surface area contributed by atoms with Crippen molar-refractivity contribution in [2.75, 3.05) is 5.32 Å². The van der Waals surface area contributed by atoms with Crippen molar-refractivity contribution < 1.29 is 22.4 Å². The van der Waals surface area contributed by atoms with Gasteiger partial charge < -0.3 is 10.6 Å². The number of anilines is 1. The van der Waals surface area contributed by atoms with E-state index in [2.05, 4.69) is 38.2 Å². The Morgan fingerprint density at radius 3 is 2.27 bits per heavy atom. The maximum Gasteiger partial charge on any atom is 0.416 e. The third-order valence-electron chi connectivity index (χ3n) is 5.99. The number of nitrogens with zero attached hydrogens (tertiary/aromatic N) is 1. The van der Waals surface area contributed by atoms with E-state index in [-0.39, 0.29) is 23.2 Å². The van der Waals surface area contributed by atoms with Crippen LogP contribution in [0, 0.1) is 16.3 Å². The molecule has 0 aliphatic carbocycles. The minimum atomic E-state index is -4.60. The Morgan fingerprint density at radius 1 is 0.919 bits per heavy atom. The van der Waals surface area contributed by atoms with Gasteiger partial charge in [-0.15, -0.1) is 0 Å². The van der Waals surface area contributed by atoms with E-state index < -0.39 is 29.1 Å². The molecule has 0 radical (unpaired) electrons. The van der Waals surface area contributed by atoms with Gasteiger partial charge in [-0.2, -0.15) is 13.2 Å². The summed E-state index contributed by atoms with van der Waals surface area (Å²) < 4.78 is 56.4. The third-order valence-corrected chi connectivity index (χ3v) is 6.62. The van der Waals surface area contributed by atoms with Gasteiger partial charge in [-0.3, -0.25) is 4.98 Å². The van der Waals surface area contributed by atoms with Gasteiger partial charge in [-0.05, 0) is 82.6 Å². The number of halogens is 5. The number of alkyl halides is 3. The second-order valence-electron chi connectivity index (χ2n) is 8.49. The van der Waals surface area contributed by atoms with E-state index in [1.54, 1.807) is 24.4 Å². The van der Waals surface area contributed by atoms with Gasteiger partial charge in [-0.1, -0.05) is 48.5 Å². The van der Waals surface area contributed by atoms with Crippen LogP contribution in [0.5, 0.6) is 0 Å². The molecule has 0 aliphatic heterocycles. The van der Waals surface area contributed by atoms with Crippen LogP contribution < -0.4 is 10.6 Å². The SMILES string of the molecule is Cc1c(C(F)(F)F)cccc1[C@](Cc1ccccc1)(NC(=O)Nc1cccc(F)c1)c1ccc(I)cn1. The van der Waals surface area contributed by atoms with Crippen LogP contribution in [0.1, 0.15) is 27.9 Å². The average molecular weight is 619 g/mol. The van der Waals surface area contributed by atoms with E-state index in [9.17, 15) is 22.4 Å². The summed E-state index contributed by atoms with van der Waals surface area (Å²) in [6, 6.07) is 21.1. The van der Waals surface area contributed by atoms with Crippen LogP contribution in [0.25, 0.3) is 0 Å². The predicted octanol–water partition coefficient (Wildman–Crippen LogP) is 7.46. The topological polar surface area (TPSA) is 54.0 Å². The first-order chi connectivity index (χ1) is 17.6. The molecule has 0 spiro atoms. The molecule has 0 bridgehead atoms. The Hall–Kier alpha value is -3.47. The summed E-state index contributed by atoms with van der Waals surface area (Å²) in [5, 5.41) is 5.51. The maximum absolute atomic E-state index is 13.9. The molecule has 0 fully saturated rings. The Morgan fingerprint density at radius 2 is 1.62 bits per heavy atom. The number of hydrogen-bond donors (Lipinski definition) is 2. The molecule has 0 saturated carbocycles. The summed E-state index contributed by atoms with van der Waals surface area (Å²) in [7, 11) is 0. The van der Waals surface area contributed by atoms with E-state index in [1.807, 2.05) is 30.3 Å². The third kappa shape index (κ3) is 6.10. The predicted molar refractivity (Wildman–Crippen MR) is 143 cm³/mol. The highest BCUT2D eigenvalue weighted by Crippen LogP contribution is 2.40. The Bertz CT molecular complexity index is 1390. The highest BCUT2D eigenvalue weighted by Gasteiger charge is 2.42. The van der Waals surface area contributed by atoms with Gasteiger partial charge in [0.15, 0.2) is 0 Å². The van der Waals surface area contributed by atoms with Crippen molar-refractivity contribution >= 4 is 34.3 Å². The summed E-state index contributed by atoms with van der Waals surface area (Å²) in [6.45, 7) is 1.39. The van der Waals surface area contributed by atoms with Crippen molar-refractivity contribution in [2.24, 2.45) is 0 Å². The first-order valence-electron chi connectivity index (χ1n) is 11.3. The molecule has 9 heteroatoms. The molecule has 37 heavy (non-hydrogen) atoms. The summed E-state index contributed by atoms with van der Waals surface area (Å²) in [5.74, 6) is -0.540.